The van der Waals surface area contributed by atoms with Gasteiger partial charge < -0.3 is 10.5 Å². The fourth-order valence-corrected chi connectivity index (χ4v) is 0.668. The molecule has 0 fully saturated rings. The lowest BCUT2D eigenvalue weighted by molar-refractivity contribution is -0.413. The Morgan fingerprint density at radius 2 is 2.00 bits per heavy atom. The van der Waals surface area contributed by atoms with Crippen molar-refractivity contribution < 1.29 is 15.3 Å². The lowest BCUT2D eigenvalue weighted by Crippen LogP contribution is -2.60. The third kappa shape index (κ3) is 7.33. The predicted octanol–water partition coefficient (Wildman–Crippen LogP) is 0.349. The molecule has 11 heavy (non-hydrogen) atoms. The molecule has 3 heteroatoms. The number of hydrogen-bond acceptors (Lipinski definition) is 2. The Morgan fingerprint density at radius 1 is 1.55 bits per heavy atom. The van der Waals surface area contributed by atoms with E-state index in [1.54, 1.807) is 0 Å². The Bertz CT molecular complexity index is 136. The van der Waals surface area contributed by atoms with Gasteiger partial charge in [0.25, 0.3) is 0 Å². The molecule has 0 aromatic carbocycles. The zero-order valence-corrected chi connectivity index (χ0v) is 7.81. The van der Waals surface area contributed by atoms with E-state index in [1.165, 1.54) is 0 Å². The second-order valence-electron chi connectivity index (χ2n) is 3.90. The van der Waals surface area contributed by atoms with Gasteiger partial charge in [0.1, 0.15) is 5.60 Å². The van der Waals surface area contributed by atoms with Gasteiger partial charge in [-0.2, -0.15) is 0 Å². The summed E-state index contributed by atoms with van der Waals surface area (Å²) in [6.45, 7) is 7.47. The van der Waals surface area contributed by atoms with Gasteiger partial charge in [0, 0.05) is 0 Å². The monoisotopic (exact) mass is 160 g/mol. The number of carbonyl (C=O) groups is 1. The molecule has 0 spiro atoms. The molecule has 0 radical (unpaired) electrons. The van der Waals surface area contributed by atoms with Crippen molar-refractivity contribution in [2.45, 2.75) is 45.8 Å². The Labute approximate surface area is 67.9 Å². The zero-order valence-electron chi connectivity index (χ0n) is 7.81. The van der Waals surface area contributed by atoms with E-state index in [1.807, 2.05) is 27.7 Å². The summed E-state index contributed by atoms with van der Waals surface area (Å²) in [7, 11) is 0. The first-order chi connectivity index (χ1) is 4.81. The molecule has 0 unspecified atom stereocenters. The first kappa shape index (κ1) is 10.4. The molecule has 0 heterocycles. The van der Waals surface area contributed by atoms with Gasteiger partial charge in [-0.05, 0) is 27.7 Å². The molecule has 0 aliphatic rings. The summed E-state index contributed by atoms with van der Waals surface area (Å²) < 4.78 is 5.07. The molecule has 0 aliphatic carbocycles. The van der Waals surface area contributed by atoms with Crippen LogP contribution in [-0.2, 0) is 9.53 Å². The Hall–Kier alpha value is -0.570. The molecular weight excluding hydrogens is 142 g/mol. The summed E-state index contributed by atoms with van der Waals surface area (Å²) in [6, 6.07) is 0.129. The molecule has 0 bridgehead atoms. The third-order valence-electron chi connectivity index (χ3n) is 0.935. The number of ether oxygens (including phenoxy) is 1. The number of rotatable bonds is 2. The van der Waals surface area contributed by atoms with E-state index in [2.05, 4.69) is 5.73 Å². The molecule has 0 aromatic heterocycles. The van der Waals surface area contributed by atoms with Gasteiger partial charge in [-0.25, -0.2) is 0 Å². The number of quaternary nitrogens is 1. The zero-order chi connectivity index (χ0) is 9.07. The van der Waals surface area contributed by atoms with Crippen LogP contribution in [-0.4, -0.2) is 17.6 Å². The molecule has 0 saturated heterocycles. The van der Waals surface area contributed by atoms with E-state index in [0.29, 0.717) is 6.42 Å². The maximum atomic E-state index is 11.0. The standard InChI is InChI=1S/C8H17NO2/c1-6(9)5-7(10)11-8(2,3)4/h6H,5,9H2,1-4H3/p+1/t6-/m1/s1. The second-order valence-corrected chi connectivity index (χ2v) is 3.90. The maximum absolute atomic E-state index is 11.0. The normalized spacial score (nSPS) is 14.3. The Kier molecular flexibility index (Phi) is 3.52. The van der Waals surface area contributed by atoms with Crippen LogP contribution in [0.5, 0.6) is 0 Å². The van der Waals surface area contributed by atoms with E-state index in [4.69, 9.17) is 4.74 Å². The molecule has 0 rings (SSSR count). The van der Waals surface area contributed by atoms with E-state index in [9.17, 15) is 4.79 Å². The largest absolute Gasteiger partial charge is 0.460 e. The minimum absolute atomic E-state index is 0.129. The molecule has 3 nitrogen and oxygen atoms in total. The van der Waals surface area contributed by atoms with Crippen LogP contribution >= 0.6 is 0 Å². The average Bonchev–Trinajstić information content (AvgIpc) is 1.53. The predicted molar refractivity (Wildman–Crippen MR) is 42.8 cm³/mol. The number of hydrogen-bond donors (Lipinski definition) is 1. The Morgan fingerprint density at radius 3 is 2.27 bits per heavy atom. The van der Waals surface area contributed by atoms with Crippen molar-refractivity contribution in [1.29, 1.82) is 0 Å². The highest BCUT2D eigenvalue weighted by molar-refractivity contribution is 5.70. The highest BCUT2D eigenvalue weighted by Gasteiger charge is 2.17. The van der Waals surface area contributed by atoms with Crippen molar-refractivity contribution in [2.75, 3.05) is 0 Å². The van der Waals surface area contributed by atoms with Gasteiger partial charge in [0.15, 0.2) is 0 Å². The van der Waals surface area contributed by atoms with Gasteiger partial charge >= 0.3 is 5.97 Å². The van der Waals surface area contributed by atoms with Crippen LogP contribution in [0.3, 0.4) is 0 Å². The maximum Gasteiger partial charge on any atom is 0.312 e. The van der Waals surface area contributed by atoms with Crippen LogP contribution in [0.2, 0.25) is 0 Å². The van der Waals surface area contributed by atoms with Crippen molar-refractivity contribution >= 4 is 5.97 Å². The first-order valence-electron chi connectivity index (χ1n) is 3.86. The topological polar surface area (TPSA) is 53.9 Å². The molecule has 1 atom stereocenters. The van der Waals surface area contributed by atoms with E-state index < -0.39 is 0 Å². The van der Waals surface area contributed by atoms with Gasteiger partial charge in [-0.3, -0.25) is 4.79 Å². The van der Waals surface area contributed by atoms with Crippen molar-refractivity contribution in [3.63, 3.8) is 0 Å². The van der Waals surface area contributed by atoms with Gasteiger partial charge in [-0.15, -0.1) is 0 Å². The summed E-state index contributed by atoms with van der Waals surface area (Å²) in [6.07, 6.45) is 0.400. The minimum atomic E-state index is -0.369. The minimum Gasteiger partial charge on any atom is -0.460 e. The lowest BCUT2D eigenvalue weighted by Gasteiger charge is -2.19. The summed E-state index contributed by atoms with van der Waals surface area (Å²) in [5, 5.41) is 0. The van der Waals surface area contributed by atoms with Crippen molar-refractivity contribution in [3.8, 4) is 0 Å². The van der Waals surface area contributed by atoms with E-state index in [0.717, 1.165) is 0 Å². The average molecular weight is 160 g/mol. The smallest absolute Gasteiger partial charge is 0.312 e. The van der Waals surface area contributed by atoms with Crippen LogP contribution in [0.4, 0.5) is 0 Å². The quantitative estimate of drug-likeness (QED) is 0.592. The molecule has 0 amide bonds. The molecular formula is C8H18NO2+. The van der Waals surface area contributed by atoms with E-state index in [-0.39, 0.29) is 17.6 Å². The summed E-state index contributed by atoms with van der Waals surface area (Å²) in [5.41, 5.74) is 3.34. The molecule has 3 N–H and O–H groups in total. The second kappa shape index (κ2) is 3.72. The van der Waals surface area contributed by atoms with Gasteiger partial charge in [0.2, 0.25) is 0 Å². The number of esters is 1. The molecule has 66 valence electrons. The molecule has 0 saturated carbocycles. The van der Waals surface area contributed by atoms with Crippen LogP contribution in [0, 0.1) is 0 Å². The van der Waals surface area contributed by atoms with Crippen molar-refractivity contribution in [2.24, 2.45) is 0 Å². The van der Waals surface area contributed by atoms with Crippen LogP contribution in [0.1, 0.15) is 34.1 Å². The van der Waals surface area contributed by atoms with Crippen molar-refractivity contribution in [3.05, 3.63) is 0 Å². The molecule has 0 aromatic rings. The summed E-state index contributed by atoms with van der Waals surface area (Å²) in [5.74, 6) is -0.167. The lowest BCUT2D eigenvalue weighted by atomic mass is 10.2. The number of carbonyl (C=O) groups excluding carboxylic acids is 1. The SMILES string of the molecule is C[C@@H]([NH3+])CC(=O)OC(C)(C)C. The highest BCUT2D eigenvalue weighted by Crippen LogP contribution is 2.08. The molecule has 0 aliphatic heterocycles. The van der Waals surface area contributed by atoms with Gasteiger partial charge in [0.05, 0.1) is 12.5 Å². The fraction of sp³-hybridized carbons (Fsp3) is 0.875. The van der Waals surface area contributed by atoms with Crippen LogP contribution in [0.15, 0.2) is 0 Å². The van der Waals surface area contributed by atoms with E-state index >= 15 is 0 Å². The van der Waals surface area contributed by atoms with Gasteiger partial charge in [-0.1, -0.05) is 0 Å². The summed E-state index contributed by atoms with van der Waals surface area (Å²) in [4.78, 5) is 11.0. The fourth-order valence-electron chi connectivity index (χ4n) is 0.668. The highest BCUT2D eigenvalue weighted by atomic mass is 16.6. The summed E-state index contributed by atoms with van der Waals surface area (Å²) >= 11 is 0. The Balaban J connectivity index is 3.71. The first-order valence-corrected chi connectivity index (χ1v) is 3.86. The van der Waals surface area contributed by atoms with Crippen LogP contribution < -0.4 is 5.73 Å². The third-order valence-corrected chi connectivity index (χ3v) is 0.935. The van der Waals surface area contributed by atoms with Crippen molar-refractivity contribution in [1.82, 2.24) is 0 Å². The van der Waals surface area contributed by atoms with Crippen LogP contribution in [0.25, 0.3) is 0 Å².